The van der Waals surface area contributed by atoms with E-state index in [1.807, 2.05) is 6.07 Å². The van der Waals surface area contributed by atoms with Gasteiger partial charge >= 0.3 is 5.97 Å². The standard InChI is InChI=1S/C21H26N2O5/c1-2-28-20(26)11-8-17(14-16-12-13-22-21(16)27)23-19(25)10-9-18(24)15-6-4-3-5-7-15/h3-8,11,16-17H,2,9-10,12-14H2,1H3,(H,22,27)(H,23,25)/b11-8+/t16-,17+/m1/s1. The lowest BCUT2D eigenvalue weighted by atomic mass is 9.97. The van der Waals surface area contributed by atoms with Crippen molar-refractivity contribution >= 4 is 23.6 Å². The zero-order valence-electron chi connectivity index (χ0n) is 16.0. The van der Waals surface area contributed by atoms with E-state index >= 15 is 0 Å². The molecule has 0 spiro atoms. The number of carbonyl (C=O) groups excluding carboxylic acids is 4. The fraction of sp³-hybridized carbons (Fsp3) is 0.429. The molecule has 0 saturated carbocycles. The summed E-state index contributed by atoms with van der Waals surface area (Å²) in [6.07, 6.45) is 4.00. The highest BCUT2D eigenvalue weighted by molar-refractivity contribution is 5.98. The summed E-state index contributed by atoms with van der Waals surface area (Å²) in [5, 5.41) is 5.56. The number of Topliss-reactive ketones (excluding diaryl/α,β-unsaturated/α-hetero) is 1. The highest BCUT2D eigenvalue weighted by atomic mass is 16.5. The average molecular weight is 386 g/mol. The second-order valence-corrected chi connectivity index (χ2v) is 6.59. The summed E-state index contributed by atoms with van der Waals surface area (Å²) >= 11 is 0. The largest absolute Gasteiger partial charge is 0.463 e. The smallest absolute Gasteiger partial charge is 0.330 e. The van der Waals surface area contributed by atoms with Gasteiger partial charge in [-0.25, -0.2) is 4.79 Å². The van der Waals surface area contributed by atoms with Gasteiger partial charge < -0.3 is 15.4 Å². The van der Waals surface area contributed by atoms with Gasteiger partial charge in [-0.2, -0.15) is 0 Å². The lowest BCUT2D eigenvalue weighted by molar-refractivity contribution is -0.137. The van der Waals surface area contributed by atoms with Crippen LogP contribution in [-0.2, 0) is 19.1 Å². The van der Waals surface area contributed by atoms with E-state index in [1.54, 1.807) is 37.3 Å². The van der Waals surface area contributed by atoms with Crippen molar-refractivity contribution < 1.29 is 23.9 Å². The fourth-order valence-corrected chi connectivity index (χ4v) is 3.02. The van der Waals surface area contributed by atoms with Gasteiger partial charge in [0, 0.05) is 43.0 Å². The fourth-order valence-electron chi connectivity index (χ4n) is 3.02. The number of hydrogen-bond acceptors (Lipinski definition) is 5. The number of rotatable bonds is 10. The van der Waals surface area contributed by atoms with Crippen LogP contribution in [0.5, 0.6) is 0 Å². The Morgan fingerprint density at radius 2 is 2.00 bits per heavy atom. The maximum atomic E-state index is 12.3. The van der Waals surface area contributed by atoms with Crippen LogP contribution in [-0.4, -0.2) is 42.8 Å². The van der Waals surface area contributed by atoms with E-state index < -0.39 is 12.0 Å². The molecule has 2 rings (SSSR count). The highest BCUT2D eigenvalue weighted by Crippen LogP contribution is 2.17. The molecule has 0 bridgehead atoms. The molecule has 0 aliphatic carbocycles. The van der Waals surface area contributed by atoms with Crippen molar-refractivity contribution in [1.82, 2.24) is 10.6 Å². The third kappa shape index (κ3) is 6.98. The first-order chi connectivity index (χ1) is 13.5. The van der Waals surface area contributed by atoms with Crippen molar-refractivity contribution in [3.63, 3.8) is 0 Å². The average Bonchev–Trinajstić information content (AvgIpc) is 3.09. The van der Waals surface area contributed by atoms with E-state index in [2.05, 4.69) is 10.6 Å². The Hall–Kier alpha value is -2.96. The first-order valence-electron chi connectivity index (χ1n) is 9.50. The Balaban J connectivity index is 1.91. The molecule has 2 N–H and O–H groups in total. The molecule has 1 saturated heterocycles. The molecule has 2 amide bonds. The molecular weight excluding hydrogens is 360 g/mol. The van der Waals surface area contributed by atoms with Gasteiger partial charge in [-0.15, -0.1) is 0 Å². The molecule has 1 aromatic rings. The van der Waals surface area contributed by atoms with E-state index in [1.165, 1.54) is 6.08 Å². The van der Waals surface area contributed by atoms with Crippen molar-refractivity contribution in [3.05, 3.63) is 48.0 Å². The summed E-state index contributed by atoms with van der Waals surface area (Å²) in [6.45, 7) is 2.57. The summed E-state index contributed by atoms with van der Waals surface area (Å²) in [6, 6.07) is 8.31. The van der Waals surface area contributed by atoms with E-state index in [4.69, 9.17) is 4.74 Å². The first kappa shape index (κ1) is 21.3. The third-order valence-electron chi connectivity index (χ3n) is 4.47. The lowest BCUT2D eigenvalue weighted by Gasteiger charge is -2.18. The summed E-state index contributed by atoms with van der Waals surface area (Å²) in [4.78, 5) is 47.8. The molecule has 1 aliphatic rings. The van der Waals surface area contributed by atoms with Gasteiger partial charge in [0.25, 0.3) is 0 Å². The third-order valence-corrected chi connectivity index (χ3v) is 4.47. The van der Waals surface area contributed by atoms with Crippen LogP contribution in [0.1, 0.15) is 43.0 Å². The lowest BCUT2D eigenvalue weighted by Crippen LogP contribution is -2.36. The zero-order chi connectivity index (χ0) is 20.4. The van der Waals surface area contributed by atoms with Crippen LogP contribution in [0.15, 0.2) is 42.5 Å². The number of hydrogen-bond donors (Lipinski definition) is 2. The minimum atomic E-state index is -0.503. The second-order valence-electron chi connectivity index (χ2n) is 6.59. The van der Waals surface area contributed by atoms with E-state index in [0.29, 0.717) is 24.9 Å². The quantitative estimate of drug-likeness (QED) is 0.363. The van der Waals surface area contributed by atoms with Crippen LogP contribution < -0.4 is 10.6 Å². The topological polar surface area (TPSA) is 102 Å². The molecule has 1 aliphatic heterocycles. The van der Waals surface area contributed by atoms with E-state index in [-0.39, 0.29) is 43.0 Å². The number of carbonyl (C=O) groups is 4. The second kappa shape index (κ2) is 11.0. The van der Waals surface area contributed by atoms with Crippen LogP contribution in [0.25, 0.3) is 0 Å². The van der Waals surface area contributed by atoms with Crippen LogP contribution in [0.3, 0.4) is 0 Å². The Labute approximate surface area is 164 Å². The van der Waals surface area contributed by atoms with Crippen LogP contribution in [0, 0.1) is 5.92 Å². The monoisotopic (exact) mass is 386 g/mol. The predicted octanol–water partition coefficient (Wildman–Crippen LogP) is 1.78. The Bertz CT molecular complexity index is 730. The molecule has 150 valence electrons. The number of nitrogens with one attached hydrogen (secondary N) is 2. The number of benzene rings is 1. The highest BCUT2D eigenvalue weighted by Gasteiger charge is 2.27. The van der Waals surface area contributed by atoms with Crippen LogP contribution in [0.2, 0.25) is 0 Å². The molecule has 1 aromatic carbocycles. The molecule has 7 nitrogen and oxygen atoms in total. The van der Waals surface area contributed by atoms with Crippen molar-refractivity contribution in [2.45, 2.75) is 38.6 Å². The first-order valence-corrected chi connectivity index (χ1v) is 9.50. The molecular formula is C21H26N2O5. The van der Waals surface area contributed by atoms with Gasteiger partial charge in [-0.1, -0.05) is 36.4 Å². The minimum Gasteiger partial charge on any atom is -0.463 e. The molecule has 2 atom stereocenters. The number of ether oxygens (including phenoxy) is 1. The summed E-state index contributed by atoms with van der Waals surface area (Å²) in [7, 11) is 0. The van der Waals surface area contributed by atoms with Crippen LogP contribution in [0.4, 0.5) is 0 Å². The number of esters is 1. The normalized spacial score (nSPS) is 17.2. The minimum absolute atomic E-state index is 0.0360. The molecule has 7 heteroatoms. The van der Waals surface area contributed by atoms with Gasteiger partial charge in [0.1, 0.15) is 0 Å². The van der Waals surface area contributed by atoms with Crippen molar-refractivity contribution in [2.75, 3.05) is 13.2 Å². The van der Waals surface area contributed by atoms with Gasteiger partial charge in [-0.3, -0.25) is 14.4 Å². The maximum absolute atomic E-state index is 12.3. The predicted molar refractivity (Wildman–Crippen MR) is 103 cm³/mol. The molecule has 0 unspecified atom stereocenters. The Morgan fingerprint density at radius 1 is 1.25 bits per heavy atom. The zero-order valence-corrected chi connectivity index (χ0v) is 16.0. The number of ketones is 1. The van der Waals surface area contributed by atoms with Gasteiger partial charge in [0.15, 0.2) is 5.78 Å². The molecule has 1 heterocycles. The summed E-state index contributed by atoms with van der Waals surface area (Å²) in [5.74, 6) is -1.19. The van der Waals surface area contributed by atoms with Gasteiger partial charge in [0.2, 0.25) is 11.8 Å². The van der Waals surface area contributed by atoms with E-state index in [9.17, 15) is 19.2 Å². The Morgan fingerprint density at radius 3 is 2.64 bits per heavy atom. The summed E-state index contributed by atoms with van der Waals surface area (Å²) < 4.78 is 4.85. The van der Waals surface area contributed by atoms with E-state index in [0.717, 1.165) is 0 Å². The number of amides is 2. The van der Waals surface area contributed by atoms with Crippen molar-refractivity contribution in [1.29, 1.82) is 0 Å². The maximum Gasteiger partial charge on any atom is 0.330 e. The van der Waals surface area contributed by atoms with Crippen LogP contribution >= 0.6 is 0 Å². The van der Waals surface area contributed by atoms with Crippen molar-refractivity contribution in [3.8, 4) is 0 Å². The van der Waals surface area contributed by atoms with Gasteiger partial charge in [-0.05, 0) is 19.8 Å². The molecule has 28 heavy (non-hydrogen) atoms. The molecule has 1 fully saturated rings. The molecule has 0 aromatic heterocycles. The Kier molecular flexibility index (Phi) is 8.39. The van der Waals surface area contributed by atoms with Gasteiger partial charge in [0.05, 0.1) is 6.61 Å². The molecule has 0 radical (unpaired) electrons. The SMILES string of the molecule is CCOC(=O)/C=C/[C@@H](C[C@H]1CCNC1=O)NC(=O)CCC(=O)c1ccccc1. The van der Waals surface area contributed by atoms with Crippen molar-refractivity contribution in [2.24, 2.45) is 5.92 Å². The summed E-state index contributed by atoms with van der Waals surface area (Å²) in [5.41, 5.74) is 0.566.